The molecule has 0 aromatic carbocycles. The number of halogens is 2. The Labute approximate surface area is 75.2 Å². The summed E-state index contributed by atoms with van der Waals surface area (Å²) in [6.45, 7) is 3.51. The Morgan fingerprint density at radius 1 is 1.27 bits per heavy atom. The number of carbonyl (C=O) groups is 2. The molecule has 0 N–H and O–H groups in total. The van der Waals surface area contributed by atoms with E-state index in [1.807, 2.05) is 0 Å². The van der Waals surface area contributed by atoms with E-state index in [-0.39, 0.29) is 11.5 Å². The van der Waals surface area contributed by atoms with Gasteiger partial charge in [-0.2, -0.15) is 0 Å². The number of hydrogen-bond acceptors (Lipinski definition) is 2. The van der Waals surface area contributed by atoms with Crippen molar-refractivity contribution in [2.45, 2.75) is 13.8 Å². The minimum absolute atomic E-state index is 0.0808. The molecule has 0 aromatic rings. The Morgan fingerprint density at radius 3 is 1.82 bits per heavy atom. The number of rotatable bonds is 3. The largest absolute Gasteiger partial charge is 0.276 e. The van der Waals surface area contributed by atoms with Crippen LogP contribution in [0.3, 0.4) is 0 Å². The van der Waals surface area contributed by atoms with E-state index >= 15 is 0 Å². The normalized spacial score (nSPS) is 11.9. The average molecular weight is 195 g/mol. The molecule has 0 amide bonds. The van der Waals surface area contributed by atoms with Crippen LogP contribution in [0.25, 0.3) is 0 Å². The molecule has 0 aliphatic rings. The van der Waals surface area contributed by atoms with E-state index in [2.05, 4.69) is 0 Å². The zero-order valence-corrected chi connectivity index (χ0v) is 7.74. The maximum Gasteiger partial charge on any atom is 0.248 e. The van der Waals surface area contributed by atoms with Crippen molar-refractivity contribution < 1.29 is 9.59 Å². The lowest BCUT2D eigenvalue weighted by Crippen LogP contribution is -2.03. The molecular weight excluding hydrogens is 187 g/mol. The summed E-state index contributed by atoms with van der Waals surface area (Å²) in [6.07, 6.45) is 1.04. The van der Waals surface area contributed by atoms with Crippen LogP contribution in [0.2, 0.25) is 0 Å². The highest BCUT2D eigenvalue weighted by atomic mass is 35.5. The zero-order chi connectivity index (χ0) is 9.02. The van der Waals surface area contributed by atoms with Gasteiger partial charge in [-0.3, -0.25) is 9.59 Å². The Morgan fingerprint density at radius 2 is 1.73 bits per heavy atom. The van der Waals surface area contributed by atoms with Crippen LogP contribution in [-0.2, 0) is 9.59 Å². The second kappa shape index (κ2) is 4.52. The Hall–Kier alpha value is -0.340. The summed E-state index contributed by atoms with van der Waals surface area (Å²) in [7, 11) is 0. The highest BCUT2D eigenvalue weighted by Crippen LogP contribution is 2.13. The first kappa shape index (κ1) is 10.7. The van der Waals surface area contributed by atoms with Gasteiger partial charge in [0.05, 0.1) is 0 Å². The Kier molecular flexibility index (Phi) is 4.38. The van der Waals surface area contributed by atoms with E-state index < -0.39 is 10.5 Å². The van der Waals surface area contributed by atoms with Gasteiger partial charge in [0.1, 0.15) is 0 Å². The van der Waals surface area contributed by atoms with Crippen LogP contribution in [0.1, 0.15) is 13.8 Å². The van der Waals surface area contributed by atoms with Gasteiger partial charge in [-0.05, 0) is 29.1 Å². The number of allylic oxidation sites excluding steroid dienone is 2. The number of carbonyl (C=O) groups excluding carboxylic acids is 2. The molecule has 0 aliphatic heterocycles. The molecule has 4 heteroatoms. The Balaban J connectivity index is 4.60. The molecule has 0 rings (SSSR count). The standard InChI is InChI=1S/C7H8Cl2O2/c1-4(2)5(7(9)11)3-6(8)10/h3-4H,1-2H3. The molecule has 62 valence electrons. The van der Waals surface area contributed by atoms with Crippen LogP contribution in [0.5, 0.6) is 0 Å². The van der Waals surface area contributed by atoms with Gasteiger partial charge in [0.25, 0.3) is 0 Å². The fourth-order valence-corrected chi connectivity index (χ4v) is 0.963. The van der Waals surface area contributed by atoms with E-state index in [9.17, 15) is 9.59 Å². The molecule has 2 nitrogen and oxygen atoms in total. The van der Waals surface area contributed by atoms with Crippen molar-refractivity contribution in [3.05, 3.63) is 11.6 Å². The molecule has 0 radical (unpaired) electrons. The van der Waals surface area contributed by atoms with Gasteiger partial charge < -0.3 is 0 Å². The van der Waals surface area contributed by atoms with Crippen LogP contribution in [0.4, 0.5) is 0 Å². The van der Waals surface area contributed by atoms with Crippen LogP contribution in [0.15, 0.2) is 11.6 Å². The molecule has 0 atom stereocenters. The van der Waals surface area contributed by atoms with Crippen LogP contribution < -0.4 is 0 Å². The van der Waals surface area contributed by atoms with Crippen molar-refractivity contribution >= 4 is 33.7 Å². The van der Waals surface area contributed by atoms with Crippen LogP contribution in [0, 0.1) is 5.92 Å². The van der Waals surface area contributed by atoms with Crippen molar-refractivity contribution in [2.75, 3.05) is 0 Å². The van der Waals surface area contributed by atoms with Crippen LogP contribution >= 0.6 is 23.2 Å². The second-order valence-electron chi connectivity index (χ2n) is 2.33. The SMILES string of the molecule is CC(C)C(=CC(=O)Cl)C(=O)Cl. The molecule has 0 aliphatic carbocycles. The van der Waals surface area contributed by atoms with E-state index in [4.69, 9.17) is 23.2 Å². The van der Waals surface area contributed by atoms with E-state index in [0.29, 0.717) is 0 Å². The Bertz CT molecular complexity index is 206. The monoisotopic (exact) mass is 194 g/mol. The molecule has 0 aromatic heterocycles. The summed E-state index contributed by atoms with van der Waals surface area (Å²) in [4.78, 5) is 20.9. The van der Waals surface area contributed by atoms with Gasteiger partial charge in [0.15, 0.2) is 0 Å². The summed E-state index contributed by atoms with van der Waals surface area (Å²) in [6, 6.07) is 0. The van der Waals surface area contributed by atoms with Crippen molar-refractivity contribution in [3.8, 4) is 0 Å². The molecule has 0 saturated carbocycles. The predicted molar refractivity (Wildman–Crippen MR) is 44.6 cm³/mol. The first-order valence-electron chi connectivity index (χ1n) is 3.06. The zero-order valence-electron chi connectivity index (χ0n) is 6.23. The van der Waals surface area contributed by atoms with Gasteiger partial charge in [0, 0.05) is 11.6 Å². The topological polar surface area (TPSA) is 34.1 Å². The minimum atomic E-state index is -0.678. The molecular formula is C7H8Cl2O2. The third kappa shape index (κ3) is 4.17. The van der Waals surface area contributed by atoms with Crippen molar-refractivity contribution in [1.82, 2.24) is 0 Å². The molecule has 0 spiro atoms. The third-order valence-corrected chi connectivity index (χ3v) is 1.45. The first-order valence-corrected chi connectivity index (χ1v) is 3.81. The third-order valence-electron chi connectivity index (χ3n) is 1.12. The molecule has 0 fully saturated rings. The summed E-state index contributed by atoms with van der Waals surface area (Å²) in [5, 5.41) is -1.31. The lowest BCUT2D eigenvalue weighted by molar-refractivity contribution is -0.110. The fourth-order valence-electron chi connectivity index (χ4n) is 0.573. The van der Waals surface area contributed by atoms with Crippen molar-refractivity contribution in [1.29, 1.82) is 0 Å². The summed E-state index contributed by atoms with van der Waals surface area (Å²) in [5.74, 6) is -0.0808. The molecule has 11 heavy (non-hydrogen) atoms. The summed E-state index contributed by atoms with van der Waals surface area (Å²) in [5.41, 5.74) is 0.242. The van der Waals surface area contributed by atoms with E-state index in [1.165, 1.54) is 0 Å². The van der Waals surface area contributed by atoms with Gasteiger partial charge >= 0.3 is 0 Å². The van der Waals surface area contributed by atoms with E-state index in [0.717, 1.165) is 6.08 Å². The second-order valence-corrected chi connectivity index (χ2v) is 3.05. The smallest absolute Gasteiger partial charge is 0.248 e. The lowest BCUT2D eigenvalue weighted by Gasteiger charge is -2.03. The lowest BCUT2D eigenvalue weighted by atomic mass is 10.1. The summed E-state index contributed by atoms with van der Waals surface area (Å²) >= 11 is 10.2. The maximum atomic E-state index is 10.6. The summed E-state index contributed by atoms with van der Waals surface area (Å²) < 4.78 is 0. The average Bonchev–Trinajstić information content (AvgIpc) is 1.81. The molecule has 0 unspecified atom stereocenters. The first-order chi connectivity index (χ1) is 4.95. The molecule has 0 heterocycles. The fraction of sp³-hybridized carbons (Fsp3) is 0.429. The van der Waals surface area contributed by atoms with Gasteiger partial charge in [0.2, 0.25) is 10.5 Å². The number of hydrogen-bond donors (Lipinski definition) is 0. The van der Waals surface area contributed by atoms with Crippen LogP contribution in [-0.4, -0.2) is 10.5 Å². The minimum Gasteiger partial charge on any atom is -0.276 e. The van der Waals surface area contributed by atoms with Gasteiger partial charge in [-0.1, -0.05) is 13.8 Å². The molecule has 0 bridgehead atoms. The van der Waals surface area contributed by atoms with Gasteiger partial charge in [-0.15, -0.1) is 0 Å². The quantitative estimate of drug-likeness (QED) is 0.510. The van der Waals surface area contributed by atoms with Crippen molar-refractivity contribution in [3.63, 3.8) is 0 Å². The van der Waals surface area contributed by atoms with Gasteiger partial charge in [-0.25, -0.2) is 0 Å². The maximum absolute atomic E-state index is 10.6. The predicted octanol–water partition coefficient (Wildman–Crippen LogP) is 2.10. The van der Waals surface area contributed by atoms with Crippen molar-refractivity contribution in [2.24, 2.45) is 5.92 Å². The highest BCUT2D eigenvalue weighted by Gasteiger charge is 2.11. The highest BCUT2D eigenvalue weighted by molar-refractivity contribution is 6.70. The van der Waals surface area contributed by atoms with E-state index in [1.54, 1.807) is 13.8 Å². The molecule has 0 saturated heterocycles.